The van der Waals surface area contributed by atoms with Crippen LogP contribution in [-0.4, -0.2) is 25.8 Å². The molecule has 3 aromatic rings. The molecule has 0 amide bonds. The minimum absolute atomic E-state index is 0.124. The van der Waals surface area contributed by atoms with Crippen molar-refractivity contribution >= 4 is 5.95 Å². The molecule has 1 aliphatic carbocycles. The van der Waals surface area contributed by atoms with Crippen LogP contribution in [0.25, 0.3) is 11.3 Å². The van der Waals surface area contributed by atoms with Gasteiger partial charge in [0.25, 0.3) is 5.56 Å². The van der Waals surface area contributed by atoms with Crippen LogP contribution in [0.4, 0.5) is 5.95 Å². The van der Waals surface area contributed by atoms with E-state index in [4.69, 9.17) is 0 Å². The van der Waals surface area contributed by atoms with Crippen LogP contribution in [-0.2, 0) is 13.0 Å². The fourth-order valence-electron chi connectivity index (χ4n) is 2.71. The largest absolute Gasteiger partial charge is 0.351 e. The van der Waals surface area contributed by atoms with Gasteiger partial charge in [-0.15, -0.1) is 0 Å². The third-order valence-electron chi connectivity index (χ3n) is 4.49. The van der Waals surface area contributed by atoms with E-state index in [9.17, 15) is 4.79 Å². The third kappa shape index (κ3) is 3.79. The molecule has 26 heavy (non-hydrogen) atoms. The number of aromatic nitrogens is 4. The van der Waals surface area contributed by atoms with Gasteiger partial charge in [0.15, 0.2) is 0 Å². The molecule has 4 rings (SSSR count). The highest BCUT2D eigenvalue weighted by Crippen LogP contribution is 2.23. The first kappa shape index (κ1) is 16.4. The molecule has 0 bridgehead atoms. The average molecular weight is 347 g/mol. The summed E-state index contributed by atoms with van der Waals surface area (Å²) in [6.07, 6.45) is 6.84. The van der Waals surface area contributed by atoms with Gasteiger partial charge in [-0.2, -0.15) is 5.10 Å². The van der Waals surface area contributed by atoms with Crippen molar-refractivity contribution in [3.8, 4) is 11.3 Å². The van der Waals surface area contributed by atoms with Gasteiger partial charge in [-0.25, -0.2) is 14.6 Å². The Morgan fingerprint density at radius 1 is 1.04 bits per heavy atom. The van der Waals surface area contributed by atoms with Gasteiger partial charge in [0.2, 0.25) is 5.95 Å². The maximum Gasteiger partial charge on any atom is 0.267 e. The highest BCUT2D eigenvalue weighted by molar-refractivity contribution is 5.56. The highest BCUT2D eigenvalue weighted by atomic mass is 16.1. The van der Waals surface area contributed by atoms with Crippen LogP contribution < -0.4 is 10.9 Å². The van der Waals surface area contributed by atoms with Crippen LogP contribution >= 0.6 is 0 Å². The number of nitrogens with zero attached hydrogens (tertiary/aromatic N) is 4. The minimum atomic E-state index is -0.124. The van der Waals surface area contributed by atoms with E-state index in [1.807, 2.05) is 12.1 Å². The lowest BCUT2D eigenvalue weighted by Crippen LogP contribution is -2.22. The van der Waals surface area contributed by atoms with Crippen molar-refractivity contribution in [2.24, 2.45) is 0 Å². The molecule has 2 heterocycles. The number of anilines is 1. The highest BCUT2D eigenvalue weighted by Gasteiger charge is 2.21. The molecule has 2 aromatic heterocycles. The number of aryl methyl sites for hydroxylation is 1. The first-order valence-electron chi connectivity index (χ1n) is 8.96. The minimum Gasteiger partial charge on any atom is -0.351 e. The van der Waals surface area contributed by atoms with E-state index < -0.39 is 0 Å². The quantitative estimate of drug-likeness (QED) is 0.742. The number of hydrogen-bond donors (Lipinski definition) is 1. The Kier molecular flexibility index (Phi) is 4.48. The van der Waals surface area contributed by atoms with Gasteiger partial charge < -0.3 is 5.32 Å². The van der Waals surface area contributed by atoms with Crippen LogP contribution in [0.3, 0.4) is 0 Å². The van der Waals surface area contributed by atoms with Crippen LogP contribution in [0.2, 0.25) is 0 Å². The van der Waals surface area contributed by atoms with E-state index in [0.717, 1.165) is 17.5 Å². The van der Waals surface area contributed by atoms with Gasteiger partial charge in [-0.3, -0.25) is 4.79 Å². The lowest BCUT2D eigenvalue weighted by Gasteiger charge is -2.08. The van der Waals surface area contributed by atoms with Crippen molar-refractivity contribution in [3.63, 3.8) is 0 Å². The Labute approximate surface area is 151 Å². The summed E-state index contributed by atoms with van der Waals surface area (Å²) in [5.74, 6) is 0.639. The van der Waals surface area contributed by atoms with Gasteiger partial charge in [0.1, 0.15) is 0 Å². The number of benzene rings is 1. The van der Waals surface area contributed by atoms with Crippen molar-refractivity contribution in [3.05, 3.63) is 70.3 Å². The molecule has 132 valence electrons. The maximum atomic E-state index is 12.2. The Balaban J connectivity index is 1.55. The van der Waals surface area contributed by atoms with Gasteiger partial charge >= 0.3 is 0 Å². The van der Waals surface area contributed by atoms with Crippen molar-refractivity contribution in [1.29, 1.82) is 0 Å². The van der Waals surface area contributed by atoms with Crippen molar-refractivity contribution in [2.45, 2.75) is 38.8 Å². The molecule has 0 saturated heterocycles. The Morgan fingerprint density at radius 2 is 1.73 bits per heavy atom. The summed E-state index contributed by atoms with van der Waals surface area (Å²) in [7, 11) is 0. The van der Waals surface area contributed by atoms with Crippen molar-refractivity contribution in [1.82, 2.24) is 19.7 Å². The molecule has 6 heteroatoms. The second kappa shape index (κ2) is 7.07. The van der Waals surface area contributed by atoms with Gasteiger partial charge in [-0.1, -0.05) is 31.2 Å². The molecule has 0 radical (unpaired) electrons. The molecular weight excluding hydrogens is 326 g/mol. The monoisotopic (exact) mass is 347 g/mol. The second-order valence-electron chi connectivity index (χ2n) is 6.60. The van der Waals surface area contributed by atoms with Crippen LogP contribution in [0.15, 0.2) is 53.6 Å². The summed E-state index contributed by atoms with van der Waals surface area (Å²) in [4.78, 5) is 20.9. The van der Waals surface area contributed by atoms with Gasteiger partial charge in [0, 0.05) is 30.1 Å². The predicted molar refractivity (Wildman–Crippen MR) is 101 cm³/mol. The smallest absolute Gasteiger partial charge is 0.267 e. The topological polar surface area (TPSA) is 72.7 Å². The molecule has 6 nitrogen and oxygen atoms in total. The lowest BCUT2D eigenvalue weighted by molar-refractivity contribution is 0.642. The summed E-state index contributed by atoms with van der Waals surface area (Å²) in [5.41, 5.74) is 3.68. The molecule has 0 spiro atoms. The Bertz CT molecular complexity index is 943. The summed E-state index contributed by atoms with van der Waals surface area (Å²) in [5, 5.41) is 7.75. The van der Waals surface area contributed by atoms with E-state index in [2.05, 4.69) is 39.4 Å². The number of nitrogens with one attached hydrogen (secondary N) is 1. The molecule has 1 aliphatic rings. The zero-order valence-corrected chi connectivity index (χ0v) is 14.7. The zero-order valence-electron chi connectivity index (χ0n) is 14.7. The molecule has 1 saturated carbocycles. The molecule has 0 aliphatic heterocycles. The first-order chi connectivity index (χ1) is 12.7. The van der Waals surface area contributed by atoms with Crippen LogP contribution in [0.5, 0.6) is 0 Å². The first-order valence-corrected chi connectivity index (χ1v) is 8.96. The van der Waals surface area contributed by atoms with E-state index in [1.165, 1.54) is 23.1 Å². The van der Waals surface area contributed by atoms with E-state index >= 15 is 0 Å². The van der Waals surface area contributed by atoms with Crippen molar-refractivity contribution in [2.75, 3.05) is 5.32 Å². The van der Waals surface area contributed by atoms with E-state index in [-0.39, 0.29) is 5.56 Å². The molecule has 1 fully saturated rings. The third-order valence-corrected chi connectivity index (χ3v) is 4.49. The number of rotatable bonds is 6. The van der Waals surface area contributed by atoms with Crippen molar-refractivity contribution < 1.29 is 0 Å². The predicted octanol–water partition coefficient (Wildman–Crippen LogP) is 2.89. The Morgan fingerprint density at radius 3 is 2.38 bits per heavy atom. The van der Waals surface area contributed by atoms with Crippen LogP contribution in [0, 0.1) is 0 Å². The summed E-state index contributed by atoms with van der Waals surface area (Å²) in [6.45, 7) is 2.57. The molecule has 1 N–H and O–H groups in total. The fourth-order valence-corrected chi connectivity index (χ4v) is 2.71. The fraction of sp³-hybridized carbons (Fsp3) is 0.300. The SMILES string of the molecule is CCc1ccc(Cn2nc(-c3cnc(NC4CC4)nc3)ccc2=O)cc1. The van der Waals surface area contributed by atoms with Gasteiger partial charge in [-0.05, 0) is 36.5 Å². The number of hydrogen-bond acceptors (Lipinski definition) is 5. The standard InChI is InChI=1S/C20H21N5O/c1-2-14-3-5-15(6-4-14)13-25-19(26)10-9-18(24-25)16-11-21-20(22-12-16)23-17-7-8-17/h3-6,9-12,17H,2,7-8,13H2,1H3,(H,21,22,23). The van der Waals surface area contributed by atoms with E-state index in [0.29, 0.717) is 24.2 Å². The zero-order chi connectivity index (χ0) is 17.9. The lowest BCUT2D eigenvalue weighted by atomic mass is 10.1. The second-order valence-corrected chi connectivity index (χ2v) is 6.60. The molecule has 0 unspecified atom stereocenters. The summed E-state index contributed by atoms with van der Waals surface area (Å²) < 4.78 is 1.48. The van der Waals surface area contributed by atoms with Crippen LogP contribution in [0.1, 0.15) is 30.9 Å². The molecule has 0 atom stereocenters. The molecular formula is C20H21N5O. The van der Waals surface area contributed by atoms with Gasteiger partial charge in [0.05, 0.1) is 12.2 Å². The summed E-state index contributed by atoms with van der Waals surface area (Å²) in [6, 6.07) is 12.0. The van der Waals surface area contributed by atoms with E-state index in [1.54, 1.807) is 24.5 Å². The maximum absolute atomic E-state index is 12.2. The molecule has 1 aromatic carbocycles. The average Bonchev–Trinajstić information content (AvgIpc) is 3.49. The Hall–Kier alpha value is -3.02. The normalized spacial score (nSPS) is 13.6. The summed E-state index contributed by atoms with van der Waals surface area (Å²) >= 11 is 0.